The van der Waals surface area contributed by atoms with Crippen molar-refractivity contribution in [3.63, 3.8) is 0 Å². The highest BCUT2D eigenvalue weighted by Gasteiger charge is 2.56. The highest BCUT2D eigenvalue weighted by molar-refractivity contribution is 5.00. The average molecular weight is 644 g/mol. The predicted octanol–water partition coefficient (Wildman–Crippen LogP) is -6.71. The summed E-state index contributed by atoms with van der Waals surface area (Å²) in [5.41, 5.74) is 0. The SMILES string of the molecule is OC[C@@H]1O[C@H](OC2CC(O)C3CC(O[C@H]4O[C@@H](CO)[C@H](O)[C@H](O)[C@@H]4O)C(C4CC(O)C(O)C(O)C4)[OH+]C3C2)[C@@H](O)[C@@H](O)[C@H]1O. The van der Waals surface area contributed by atoms with Crippen LogP contribution in [0.15, 0.2) is 0 Å². The standard InChI is InChI=1S/C27H46O17/c28-6-16-19(34)21(36)23(38)26(43-16)40-9-3-11(30)10-5-15(42-27-24(39)22(37)20(35)17(7-29)44-27)25(41-14(10)4-9)8-1-12(31)18(33)13(32)2-8/h8-39H,1-7H2/p+1/t8?,9?,10?,11?,12?,13?,14?,15?,16-,17-,18?,19-,20-,21-,22-,23-,24-,25?,26-,27-/m0/s1. The Labute approximate surface area is 252 Å². The molecule has 0 amide bonds. The summed E-state index contributed by atoms with van der Waals surface area (Å²) in [7, 11) is 0. The molecule has 44 heavy (non-hydrogen) atoms. The lowest BCUT2D eigenvalue weighted by Gasteiger charge is -2.49. The van der Waals surface area contributed by atoms with E-state index in [0.717, 1.165) is 0 Å². The summed E-state index contributed by atoms with van der Waals surface area (Å²) in [6.07, 6.45) is -22.4. The zero-order valence-corrected chi connectivity index (χ0v) is 23.9. The minimum atomic E-state index is -1.69. The van der Waals surface area contributed by atoms with Gasteiger partial charge in [0.1, 0.15) is 61.0 Å². The molecule has 2 saturated carbocycles. The van der Waals surface area contributed by atoms with Crippen LogP contribution in [0.25, 0.3) is 0 Å². The zero-order valence-electron chi connectivity index (χ0n) is 23.9. The number of fused-ring (bicyclic) bond motifs is 1. The molecule has 5 rings (SSSR count). The lowest BCUT2D eigenvalue weighted by Crippen LogP contribution is -2.64. The maximum Gasteiger partial charge on any atom is 0.187 e. The van der Waals surface area contributed by atoms with Crippen LogP contribution in [0.1, 0.15) is 32.1 Å². The molecule has 5 aliphatic rings. The third-order valence-corrected chi connectivity index (χ3v) is 9.94. The summed E-state index contributed by atoms with van der Waals surface area (Å²) in [6, 6.07) is 0. The molecule has 0 spiro atoms. The van der Waals surface area contributed by atoms with Gasteiger partial charge in [0.2, 0.25) is 0 Å². The molecule has 13 N–H and O–H groups in total. The van der Waals surface area contributed by atoms with Gasteiger partial charge in [0.25, 0.3) is 0 Å². The quantitative estimate of drug-likeness (QED) is 0.115. The van der Waals surface area contributed by atoms with Crippen LogP contribution in [0.2, 0.25) is 0 Å². The summed E-state index contributed by atoms with van der Waals surface area (Å²) in [4.78, 5) is 0. The third kappa shape index (κ3) is 6.81. The first-order valence-corrected chi connectivity index (χ1v) is 15.2. The second-order valence-electron chi connectivity index (χ2n) is 12.8. The summed E-state index contributed by atoms with van der Waals surface area (Å²) in [6.45, 7) is -1.30. The first-order chi connectivity index (χ1) is 20.8. The van der Waals surface area contributed by atoms with Gasteiger partial charge in [-0.3, -0.25) is 0 Å². The molecule has 0 aromatic rings. The summed E-state index contributed by atoms with van der Waals surface area (Å²) in [5.74, 6) is -1.03. The molecule has 0 radical (unpaired) electrons. The van der Waals surface area contributed by atoms with Crippen LogP contribution >= 0.6 is 0 Å². The van der Waals surface area contributed by atoms with Crippen molar-refractivity contribution in [2.75, 3.05) is 13.2 Å². The Morgan fingerprint density at radius 2 is 1.07 bits per heavy atom. The van der Waals surface area contributed by atoms with Crippen LogP contribution in [0.3, 0.4) is 0 Å². The van der Waals surface area contributed by atoms with E-state index in [4.69, 9.17) is 23.7 Å². The van der Waals surface area contributed by atoms with Gasteiger partial charge in [0.05, 0.1) is 43.5 Å². The van der Waals surface area contributed by atoms with Crippen molar-refractivity contribution in [2.45, 2.75) is 142 Å². The Morgan fingerprint density at radius 3 is 1.59 bits per heavy atom. The van der Waals surface area contributed by atoms with Crippen LogP contribution in [-0.4, -0.2) is 189 Å². The van der Waals surface area contributed by atoms with Gasteiger partial charge in [-0.25, -0.2) is 0 Å². The van der Waals surface area contributed by atoms with Crippen molar-refractivity contribution in [3.05, 3.63) is 0 Å². The second kappa shape index (κ2) is 14.2. The lowest BCUT2D eigenvalue weighted by atomic mass is 9.72. The third-order valence-electron chi connectivity index (χ3n) is 9.94. The van der Waals surface area contributed by atoms with Gasteiger partial charge in [-0.2, -0.15) is 0 Å². The minimum absolute atomic E-state index is 0.0473. The smallest absolute Gasteiger partial charge is 0.187 e. The Morgan fingerprint density at radius 1 is 0.545 bits per heavy atom. The number of rotatable bonds is 7. The first-order valence-electron chi connectivity index (χ1n) is 15.2. The maximum absolute atomic E-state index is 11.2. The molecule has 0 aromatic carbocycles. The van der Waals surface area contributed by atoms with Crippen molar-refractivity contribution >= 4 is 0 Å². The van der Waals surface area contributed by atoms with E-state index >= 15 is 0 Å². The average Bonchev–Trinajstić information content (AvgIpc) is 3.00. The molecule has 3 saturated heterocycles. The first kappa shape index (κ1) is 34.6. The maximum atomic E-state index is 11.2. The highest BCUT2D eigenvalue weighted by atomic mass is 16.7. The molecule has 3 aliphatic heterocycles. The highest BCUT2D eigenvalue weighted by Crippen LogP contribution is 2.43. The Bertz CT molecular complexity index is 915. The number of ether oxygens (including phenoxy) is 5. The molecule has 3 heterocycles. The molecule has 8 unspecified atom stereocenters. The largest absolute Gasteiger partial charge is 0.427 e. The predicted molar refractivity (Wildman–Crippen MR) is 141 cm³/mol. The molecule has 0 aromatic heterocycles. The lowest BCUT2D eigenvalue weighted by molar-refractivity contribution is -0.363. The topological polar surface area (TPSA) is 292 Å². The van der Waals surface area contributed by atoms with Crippen molar-refractivity contribution in [1.29, 1.82) is 0 Å². The number of aliphatic hydroxyl groups is 14. The van der Waals surface area contributed by atoms with Crippen molar-refractivity contribution in [2.24, 2.45) is 11.8 Å². The van der Waals surface area contributed by atoms with E-state index < -0.39 is 135 Å². The fraction of sp³-hybridized carbons (Fsp3) is 1.00. The van der Waals surface area contributed by atoms with Crippen molar-refractivity contribution < 1.29 is 85.0 Å². The number of aliphatic hydroxyl groups excluding tert-OH is 12. The van der Waals surface area contributed by atoms with Gasteiger partial charge >= 0.3 is 0 Å². The van der Waals surface area contributed by atoms with E-state index in [1.165, 1.54) is 0 Å². The number of hydrogen-bond donors (Lipinski definition) is 12. The molecular weight excluding hydrogens is 596 g/mol. The summed E-state index contributed by atoms with van der Waals surface area (Å²) in [5, 5.41) is 123. The summed E-state index contributed by atoms with van der Waals surface area (Å²) >= 11 is 0. The monoisotopic (exact) mass is 643 g/mol. The molecule has 2 aliphatic carbocycles. The second-order valence-corrected chi connectivity index (χ2v) is 12.8. The number of hydrogen-bond acceptors (Lipinski definition) is 16. The van der Waals surface area contributed by atoms with Gasteiger partial charge < -0.3 is 85.0 Å². The molecule has 256 valence electrons. The van der Waals surface area contributed by atoms with Gasteiger partial charge in [-0.15, -0.1) is 0 Å². The van der Waals surface area contributed by atoms with Crippen LogP contribution < -0.4 is 0 Å². The Balaban J connectivity index is 1.33. The fourth-order valence-corrected chi connectivity index (χ4v) is 7.38. The van der Waals surface area contributed by atoms with Gasteiger partial charge in [-0.1, -0.05) is 0 Å². The van der Waals surface area contributed by atoms with Gasteiger partial charge in [-0.05, 0) is 19.3 Å². The van der Waals surface area contributed by atoms with Crippen LogP contribution in [0.5, 0.6) is 0 Å². The molecule has 17 heteroatoms. The van der Waals surface area contributed by atoms with E-state index in [1.807, 2.05) is 0 Å². The molecule has 5 fully saturated rings. The van der Waals surface area contributed by atoms with E-state index in [0.29, 0.717) is 0 Å². The Kier molecular flexibility index (Phi) is 11.2. The van der Waals surface area contributed by atoms with Gasteiger partial charge in [0, 0.05) is 18.8 Å². The fourth-order valence-electron chi connectivity index (χ4n) is 7.38. The normalized spacial score (nSPS) is 55.4. The van der Waals surface area contributed by atoms with Gasteiger partial charge in [0.15, 0.2) is 24.8 Å². The van der Waals surface area contributed by atoms with Crippen molar-refractivity contribution in [1.82, 2.24) is 0 Å². The van der Waals surface area contributed by atoms with E-state index in [-0.39, 0.29) is 32.1 Å². The molecule has 18 atom stereocenters. The summed E-state index contributed by atoms with van der Waals surface area (Å²) < 4.78 is 28.0. The van der Waals surface area contributed by atoms with Crippen molar-refractivity contribution in [3.8, 4) is 0 Å². The molecular formula is C27H47O17+. The van der Waals surface area contributed by atoms with Crippen LogP contribution in [0, 0.1) is 11.8 Å². The minimum Gasteiger partial charge on any atom is -0.427 e. The van der Waals surface area contributed by atoms with E-state index in [9.17, 15) is 61.3 Å². The molecule has 0 bridgehead atoms. The van der Waals surface area contributed by atoms with Crippen LogP contribution in [0.4, 0.5) is 0 Å². The van der Waals surface area contributed by atoms with Crippen LogP contribution in [-0.2, 0) is 18.9 Å². The zero-order chi connectivity index (χ0) is 32.0. The van der Waals surface area contributed by atoms with E-state index in [2.05, 4.69) is 0 Å². The Hall–Kier alpha value is -0.680. The van der Waals surface area contributed by atoms with E-state index in [1.54, 1.807) is 0 Å². The molecule has 17 nitrogen and oxygen atoms in total.